The standard InChI is InChI=1S/C15H20O3/c1-18-15(17)14(11-7-3-2-4-8-11)12-9-5-6-10-13(12)16/h2-4,7-8,12-14,16H,5-6,9-10H2,1H3/t12-,13-,14-/m0/s1. The van der Waals surface area contributed by atoms with Gasteiger partial charge in [0.25, 0.3) is 0 Å². The summed E-state index contributed by atoms with van der Waals surface area (Å²) in [6.07, 6.45) is 3.38. The Bertz CT molecular complexity index is 388. The average Bonchev–Trinajstić information content (AvgIpc) is 2.42. The van der Waals surface area contributed by atoms with Crippen molar-refractivity contribution in [3.8, 4) is 0 Å². The van der Waals surface area contributed by atoms with Crippen LogP contribution in [0.1, 0.15) is 37.2 Å². The molecule has 3 heteroatoms. The van der Waals surface area contributed by atoms with E-state index in [0.29, 0.717) is 0 Å². The quantitative estimate of drug-likeness (QED) is 0.836. The van der Waals surface area contributed by atoms with Crippen LogP contribution in [0.3, 0.4) is 0 Å². The summed E-state index contributed by atoms with van der Waals surface area (Å²) in [5.41, 5.74) is 0.940. The Kier molecular flexibility index (Phi) is 4.37. The SMILES string of the molecule is COC(=O)[C@@H](c1ccccc1)[C@H]1CCCC[C@@H]1O. The number of aliphatic hydroxyl groups is 1. The first-order valence-corrected chi connectivity index (χ1v) is 6.55. The fourth-order valence-electron chi connectivity index (χ4n) is 2.87. The first-order valence-electron chi connectivity index (χ1n) is 6.55. The van der Waals surface area contributed by atoms with E-state index in [4.69, 9.17) is 4.74 Å². The van der Waals surface area contributed by atoms with Crippen molar-refractivity contribution in [1.29, 1.82) is 0 Å². The molecular formula is C15H20O3. The number of rotatable bonds is 3. The first kappa shape index (κ1) is 13.1. The number of methoxy groups -OCH3 is 1. The molecule has 2 rings (SSSR count). The van der Waals surface area contributed by atoms with E-state index in [0.717, 1.165) is 31.2 Å². The van der Waals surface area contributed by atoms with Gasteiger partial charge < -0.3 is 9.84 Å². The number of aliphatic hydroxyl groups excluding tert-OH is 1. The first-order chi connectivity index (χ1) is 8.74. The van der Waals surface area contributed by atoms with Gasteiger partial charge in [-0.2, -0.15) is 0 Å². The molecule has 1 saturated carbocycles. The minimum absolute atomic E-state index is 0.0198. The summed E-state index contributed by atoms with van der Waals surface area (Å²) in [7, 11) is 1.41. The van der Waals surface area contributed by atoms with Crippen molar-refractivity contribution < 1.29 is 14.6 Å². The second kappa shape index (κ2) is 6.01. The fraction of sp³-hybridized carbons (Fsp3) is 0.533. The van der Waals surface area contributed by atoms with Gasteiger partial charge in [-0.15, -0.1) is 0 Å². The highest BCUT2D eigenvalue weighted by molar-refractivity contribution is 5.78. The lowest BCUT2D eigenvalue weighted by molar-refractivity contribution is -0.145. The third-order valence-corrected chi connectivity index (χ3v) is 3.82. The van der Waals surface area contributed by atoms with Gasteiger partial charge in [0.2, 0.25) is 0 Å². The Morgan fingerprint density at radius 1 is 1.28 bits per heavy atom. The molecule has 0 aliphatic heterocycles. The summed E-state index contributed by atoms with van der Waals surface area (Å²) in [5.74, 6) is -0.604. The predicted octanol–water partition coefficient (Wildman–Crippen LogP) is 2.49. The summed E-state index contributed by atoms with van der Waals surface area (Å²) in [4.78, 5) is 12.0. The molecule has 0 bridgehead atoms. The largest absolute Gasteiger partial charge is 0.469 e. The second-order valence-corrected chi connectivity index (χ2v) is 4.93. The van der Waals surface area contributed by atoms with Gasteiger partial charge >= 0.3 is 5.97 Å². The van der Waals surface area contributed by atoms with Crippen LogP contribution < -0.4 is 0 Å². The van der Waals surface area contributed by atoms with Crippen molar-refractivity contribution in [2.45, 2.75) is 37.7 Å². The van der Waals surface area contributed by atoms with Crippen LogP contribution in [0.25, 0.3) is 0 Å². The summed E-state index contributed by atoms with van der Waals surface area (Å²) in [5, 5.41) is 10.1. The molecule has 0 spiro atoms. The van der Waals surface area contributed by atoms with Crippen LogP contribution in [-0.2, 0) is 9.53 Å². The van der Waals surface area contributed by atoms with Gasteiger partial charge in [0.15, 0.2) is 0 Å². The molecule has 0 unspecified atom stereocenters. The Labute approximate surface area is 108 Å². The Morgan fingerprint density at radius 3 is 2.56 bits per heavy atom. The summed E-state index contributed by atoms with van der Waals surface area (Å²) < 4.78 is 4.92. The smallest absolute Gasteiger partial charge is 0.313 e. The van der Waals surface area contributed by atoms with E-state index < -0.39 is 6.10 Å². The van der Waals surface area contributed by atoms with Crippen LogP contribution in [0.5, 0.6) is 0 Å². The molecule has 0 aromatic heterocycles. The highest BCUT2D eigenvalue weighted by Gasteiger charge is 2.36. The molecule has 1 aromatic rings. The number of hydrogen-bond donors (Lipinski definition) is 1. The lowest BCUT2D eigenvalue weighted by Gasteiger charge is -2.33. The maximum absolute atomic E-state index is 12.0. The fourth-order valence-corrected chi connectivity index (χ4v) is 2.87. The molecule has 1 aliphatic carbocycles. The molecule has 1 fully saturated rings. The van der Waals surface area contributed by atoms with Crippen LogP contribution in [0.15, 0.2) is 30.3 Å². The second-order valence-electron chi connectivity index (χ2n) is 4.93. The molecule has 3 atom stereocenters. The third kappa shape index (κ3) is 2.72. The van der Waals surface area contributed by atoms with E-state index in [1.165, 1.54) is 7.11 Å². The van der Waals surface area contributed by atoms with Crippen molar-refractivity contribution in [1.82, 2.24) is 0 Å². The van der Waals surface area contributed by atoms with Gasteiger partial charge in [0, 0.05) is 5.92 Å². The van der Waals surface area contributed by atoms with Gasteiger partial charge in [-0.05, 0) is 18.4 Å². The van der Waals surface area contributed by atoms with Gasteiger partial charge in [0.05, 0.1) is 19.1 Å². The van der Waals surface area contributed by atoms with Gasteiger partial charge in [-0.25, -0.2) is 0 Å². The van der Waals surface area contributed by atoms with Gasteiger partial charge in [0.1, 0.15) is 0 Å². The molecule has 3 nitrogen and oxygen atoms in total. The lowest BCUT2D eigenvalue weighted by Crippen LogP contribution is -2.34. The molecule has 0 amide bonds. The lowest BCUT2D eigenvalue weighted by atomic mass is 9.75. The Balaban J connectivity index is 2.27. The molecule has 1 N–H and O–H groups in total. The van der Waals surface area contributed by atoms with Gasteiger partial charge in [-0.1, -0.05) is 43.2 Å². The van der Waals surface area contributed by atoms with Crippen LogP contribution in [-0.4, -0.2) is 24.3 Å². The number of esters is 1. The van der Waals surface area contributed by atoms with E-state index in [-0.39, 0.29) is 17.8 Å². The third-order valence-electron chi connectivity index (χ3n) is 3.82. The van der Waals surface area contributed by atoms with E-state index in [2.05, 4.69) is 0 Å². The van der Waals surface area contributed by atoms with Crippen molar-refractivity contribution >= 4 is 5.97 Å². The van der Waals surface area contributed by atoms with E-state index in [1.807, 2.05) is 30.3 Å². The zero-order chi connectivity index (χ0) is 13.0. The van der Waals surface area contributed by atoms with Crippen LogP contribution in [0.2, 0.25) is 0 Å². The van der Waals surface area contributed by atoms with Crippen molar-refractivity contribution in [2.75, 3.05) is 7.11 Å². The maximum atomic E-state index is 12.0. The summed E-state index contributed by atoms with van der Waals surface area (Å²) >= 11 is 0. The highest BCUT2D eigenvalue weighted by Crippen LogP contribution is 2.37. The molecule has 98 valence electrons. The summed E-state index contributed by atoms with van der Waals surface area (Å²) in [6.45, 7) is 0. The Morgan fingerprint density at radius 2 is 1.94 bits per heavy atom. The molecule has 1 aromatic carbocycles. The molecular weight excluding hydrogens is 228 g/mol. The number of carbonyl (C=O) groups is 1. The predicted molar refractivity (Wildman–Crippen MR) is 69.2 cm³/mol. The average molecular weight is 248 g/mol. The van der Waals surface area contributed by atoms with Crippen molar-refractivity contribution in [3.63, 3.8) is 0 Å². The monoisotopic (exact) mass is 248 g/mol. The zero-order valence-electron chi connectivity index (χ0n) is 10.7. The number of hydrogen-bond acceptors (Lipinski definition) is 3. The highest BCUT2D eigenvalue weighted by atomic mass is 16.5. The Hall–Kier alpha value is -1.35. The minimum Gasteiger partial charge on any atom is -0.469 e. The number of benzene rings is 1. The minimum atomic E-state index is -0.400. The topological polar surface area (TPSA) is 46.5 Å². The van der Waals surface area contributed by atoms with E-state index in [9.17, 15) is 9.90 Å². The molecule has 1 aliphatic rings. The van der Waals surface area contributed by atoms with Crippen LogP contribution >= 0.6 is 0 Å². The van der Waals surface area contributed by atoms with Crippen molar-refractivity contribution in [2.24, 2.45) is 5.92 Å². The van der Waals surface area contributed by atoms with E-state index in [1.54, 1.807) is 0 Å². The normalized spacial score (nSPS) is 25.4. The van der Waals surface area contributed by atoms with Crippen molar-refractivity contribution in [3.05, 3.63) is 35.9 Å². The molecule has 18 heavy (non-hydrogen) atoms. The summed E-state index contributed by atoms with van der Waals surface area (Å²) in [6, 6.07) is 9.63. The number of carbonyl (C=O) groups excluding carboxylic acids is 1. The molecule has 0 radical (unpaired) electrons. The molecule has 0 heterocycles. The maximum Gasteiger partial charge on any atom is 0.313 e. The zero-order valence-corrected chi connectivity index (χ0v) is 10.7. The molecule has 0 saturated heterocycles. The number of ether oxygens (including phenoxy) is 1. The van der Waals surface area contributed by atoms with Crippen LogP contribution in [0, 0.1) is 5.92 Å². The van der Waals surface area contributed by atoms with Crippen LogP contribution in [0.4, 0.5) is 0 Å². The van der Waals surface area contributed by atoms with Gasteiger partial charge in [-0.3, -0.25) is 4.79 Å². The van der Waals surface area contributed by atoms with E-state index >= 15 is 0 Å².